The van der Waals surface area contributed by atoms with Gasteiger partial charge in [0.1, 0.15) is 0 Å². The summed E-state index contributed by atoms with van der Waals surface area (Å²) in [4.78, 5) is 0. The predicted molar refractivity (Wildman–Crippen MR) is 57.8 cm³/mol. The first kappa shape index (κ1) is 14.8. The standard InChI is InChI=1S/C10H23NO4/c1-10(12,8-11)9-15-5-3-4-14-7-6-13-2/h12H,3-9,11H2,1-2H3. The molecule has 0 radical (unpaired) electrons. The Labute approximate surface area is 91.5 Å². The van der Waals surface area contributed by atoms with Gasteiger partial charge in [-0.15, -0.1) is 0 Å². The molecule has 92 valence electrons. The molecule has 1 atom stereocenters. The van der Waals surface area contributed by atoms with Crippen LogP contribution in [-0.4, -0.2) is 57.4 Å². The molecule has 0 saturated heterocycles. The zero-order valence-corrected chi connectivity index (χ0v) is 9.70. The number of methoxy groups -OCH3 is 1. The summed E-state index contributed by atoms with van der Waals surface area (Å²) in [7, 11) is 1.64. The summed E-state index contributed by atoms with van der Waals surface area (Å²) in [6.07, 6.45) is 0.810. The summed E-state index contributed by atoms with van der Waals surface area (Å²) in [6.45, 7) is 4.57. The lowest BCUT2D eigenvalue weighted by Gasteiger charge is -2.20. The van der Waals surface area contributed by atoms with Crippen LogP contribution in [0.3, 0.4) is 0 Å². The van der Waals surface area contributed by atoms with Crippen molar-refractivity contribution in [2.24, 2.45) is 5.73 Å². The van der Waals surface area contributed by atoms with Crippen LogP contribution in [-0.2, 0) is 14.2 Å². The summed E-state index contributed by atoms with van der Waals surface area (Å²) in [6, 6.07) is 0. The molecule has 0 amide bonds. The number of hydrogen-bond donors (Lipinski definition) is 2. The van der Waals surface area contributed by atoms with Crippen LogP contribution < -0.4 is 5.73 Å². The molecule has 0 spiro atoms. The molecule has 5 nitrogen and oxygen atoms in total. The van der Waals surface area contributed by atoms with Crippen LogP contribution in [0.4, 0.5) is 0 Å². The Morgan fingerprint density at radius 1 is 1.13 bits per heavy atom. The van der Waals surface area contributed by atoms with Crippen molar-refractivity contribution in [3.63, 3.8) is 0 Å². The van der Waals surface area contributed by atoms with Crippen LogP contribution in [0.5, 0.6) is 0 Å². The van der Waals surface area contributed by atoms with E-state index in [1.807, 2.05) is 0 Å². The molecule has 0 fully saturated rings. The quantitative estimate of drug-likeness (QED) is 0.498. The first-order valence-electron chi connectivity index (χ1n) is 5.19. The maximum atomic E-state index is 9.50. The van der Waals surface area contributed by atoms with E-state index in [0.29, 0.717) is 26.4 Å². The molecular weight excluding hydrogens is 198 g/mol. The Morgan fingerprint density at radius 3 is 2.40 bits per heavy atom. The molecule has 0 heterocycles. The summed E-state index contributed by atoms with van der Waals surface area (Å²) in [5.41, 5.74) is 4.41. The van der Waals surface area contributed by atoms with Gasteiger partial charge in [0.2, 0.25) is 0 Å². The SMILES string of the molecule is COCCOCCCOCC(C)(O)CN. The number of hydrogen-bond acceptors (Lipinski definition) is 5. The van der Waals surface area contributed by atoms with Crippen molar-refractivity contribution in [3.05, 3.63) is 0 Å². The lowest BCUT2D eigenvalue weighted by atomic mass is 10.1. The smallest absolute Gasteiger partial charge is 0.0973 e. The number of aliphatic hydroxyl groups is 1. The molecule has 15 heavy (non-hydrogen) atoms. The highest BCUT2D eigenvalue weighted by Gasteiger charge is 2.17. The number of rotatable bonds is 10. The molecule has 3 N–H and O–H groups in total. The Kier molecular flexibility index (Phi) is 8.94. The second-order valence-electron chi connectivity index (χ2n) is 3.71. The van der Waals surface area contributed by atoms with Gasteiger partial charge < -0.3 is 25.1 Å². The van der Waals surface area contributed by atoms with Gasteiger partial charge in [-0.2, -0.15) is 0 Å². The van der Waals surface area contributed by atoms with Crippen molar-refractivity contribution in [3.8, 4) is 0 Å². The van der Waals surface area contributed by atoms with Gasteiger partial charge >= 0.3 is 0 Å². The second kappa shape index (κ2) is 9.06. The first-order chi connectivity index (χ1) is 7.12. The van der Waals surface area contributed by atoms with Crippen molar-refractivity contribution >= 4 is 0 Å². The van der Waals surface area contributed by atoms with Crippen molar-refractivity contribution in [2.45, 2.75) is 18.9 Å². The monoisotopic (exact) mass is 221 g/mol. The Hall–Kier alpha value is -0.200. The van der Waals surface area contributed by atoms with Crippen LogP contribution >= 0.6 is 0 Å². The summed E-state index contributed by atoms with van der Waals surface area (Å²) in [5, 5.41) is 9.50. The van der Waals surface area contributed by atoms with E-state index >= 15 is 0 Å². The topological polar surface area (TPSA) is 73.9 Å². The molecular formula is C10H23NO4. The molecule has 0 rings (SSSR count). The van der Waals surface area contributed by atoms with Crippen LogP contribution in [0, 0.1) is 0 Å². The Morgan fingerprint density at radius 2 is 1.80 bits per heavy atom. The molecule has 0 aliphatic heterocycles. The van der Waals surface area contributed by atoms with E-state index in [0.717, 1.165) is 6.42 Å². The minimum Gasteiger partial charge on any atom is -0.386 e. The molecule has 0 saturated carbocycles. The maximum Gasteiger partial charge on any atom is 0.0973 e. The fourth-order valence-corrected chi connectivity index (χ4v) is 0.858. The number of nitrogens with two attached hydrogens (primary N) is 1. The predicted octanol–water partition coefficient (Wildman–Crippen LogP) is -0.234. The van der Waals surface area contributed by atoms with Crippen LogP contribution in [0.15, 0.2) is 0 Å². The van der Waals surface area contributed by atoms with Gasteiger partial charge in [0.25, 0.3) is 0 Å². The van der Waals surface area contributed by atoms with Gasteiger partial charge in [0.15, 0.2) is 0 Å². The van der Waals surface area contributed by atoms with Gasteiger partial charge in [-0.1, -0.05) is 0 Å². The van der Waals surface area contributed by atoms with E-state index in [9.17, 15) is 5.11 Å². The molecule has 0 aliphatic carbocycles. The largest absolute Gasteiger partial charge is 0.386 e. The second-order valence-corrected chi connectivity index (χ2v) is 3.71. The average Bonchev–Trinajstić information content (AvgIpc) is 2.22. The molecule has 0 aromatic rings. The summed E-state index contributed by atoms with van der Waals surface area (Å²) >= 11 is 0. The summed E-state index contributed by atoms with van der Waals surface area (Å²) < 4.78 is 15.3. The lowest BCUT2D eigenvalue weighted by Crippen LogP contribution is -2.39. The third-order valence-electron chi connectivity index (χ3n) is 1.86. The molecule has 5 heteroatoms. The molecule has 0 aromatic heterocycles. The van der Waals surface area contributed by atoms with E-state index < -0.39 is 5.60 Å². The van der Waals surface area contributed by atoms with Crippen molar-refractivity contribution in [2.75, 3.05) is 46.7 Å². The molecule has 0 aliphatic rings. The van der Waals surface area contributed by atoms with Crippen molar-refractivity contribution < 1.29 is 19.3 Å². The van der Waals surface area contributed by atoms with E-state index in [-0.39, 0.29) is 13.2 Å². The third kappa shape index (κ3) is 10.1. The molecule has 1 unspecified atom stereocenters. The van der Waals surface area contributed by atoms with Crippen LogP contribution in [0.2, 0.25) is 0 Å². The van der Waals surface area contributed by atoms with Gasteiger partial charge in [-0.3, -0.25) is 0 Å². The minimum atomic E-state index is -0.920. The van der Waals surface area contributed by atoms with E-state index in [2.05, 4.69) is 0 Å². The maximum absolute atomic E-state index is 9.50. The Balaban J connectivity index is 3.11. The van der Waals surface area contributed by atoms with Crippen molar-refractivity contribution in [1.29, 1.82) is 0 Å². The van der Waals surface area contributed by atoms with Gasteiger partial charge in [-0.25, -0.2) is 0 Å². The molecule has 0 aromatic carbocycles. The fourth-order valence-electron chi connectivity index (χ4n) is 0.858. The fraction of sp³-hybridized carbons (Fsp3) is 1.00. The van der Waals surface area contributed by atoms with Gasteiger partial charge in [0, 0.05) is 26.9 Å². The highest BCUT2D eigenvalue weighted by molar-refractivity contribution is 4.71. The van der Waals surface area contributed by atoms with E-state index in [1.54, 1.807) is 14.0 Å². The van der Waals surface area contributed by atoms with E-state index in [4.69, 9.17) is 19.9 Å². The summed E-state index contributed by atoms with van der Waals surface area (Å²) in [5.74, 6) is 0. The first-order valence-corrected chi connectivity index (χ1v) is 5.19. The normalized spacial score (nSPS) is 15.2. The zero-order chi connectivity index (χ0) is 11.6. The minimum absolute atomic E-state index is 0.206. The zero-order valence-electron chi connectivity index (χ0n) is 9.70. The van der Waals surface area contributed by atoms with Gasteiger partial charge in [0.05, 0.1) is 25.4 Å². The highest BCUT2D eigenvalue weighted by atomic mass is 16.5. The van der Waals surface area contributed by atoms with Gasteiger partial charge in [-0.05, 0) is 13.3 Å². The third-order valence-corrected chi connectivity index (χ3v) is 1.86. The lowest BCUT2D eigenvalue weighted by molar-refractivity contribution is -0.0327. The van der Waals surface area contributed by atoms with Crippen LogP contribution in [0.1, 0.15) is 13.3 Å². The van der Waals surface area contributed by atoms with E-state index in [1.165, 1.54) is 0 Å². The average molecular weight is 221 g/mol. The van der Waals surface area contributed by atoms with Crippen molar-refractivity contribution in [1.82, 2.24) is 0 Å². The Bertz CT molecular complexity index is 141. The molecule has 0 bridgehead atoms. The number of ether oxygens (including phenoxy) is 3. The van der Waals surface area contributed by atoms with Crippen LogP contribution in [0.25, 0.3) is 0 Å². The highest BCUT2D eigenvalue weighted by Crippen LogP contribution is 2.00.